The van der Waals surface area contributed by atoms with E-state index in [4.69, 9.17) is 4.74 Å². The van der Waals surface area contributed by atoms with Crippen molar-refractivity contribution in [3.8, 4) is 0 Å². The van der Waals surface area contributed by atoms with Crippen molar-refractivity contribution in [3.63, 3.8) is 0 Å². The maximum absolute atomic E-state index is 13.0. The zero-order chi connectivity index (χ0) is 25.0. The molecule has 2 heterocycles. The van der Waals surface area contributed by atoms with E-state index in [0.717, 1.165) is 17.0 Å². The Kier molecular flexibility index (Phi) is 6.78. The second-order valence-corrected chi connectivity index (χ2v) is 7.57. The van der Waals surface area contributed by atoms with Crippen molar-refractivity contribution >= 4 is 34.9 Å². The monoisotopic (exact) mass is 484 g/mol. The molecule has 1 saturated heterocycles. The van der Waals surface area contributed by atoms with Gasteiger partial charge in [-0.2, -0.15) is 13.2 Å². The van der Waals surface area contributed by atoms with Gasteiger partial charge in [0.25, 0.3) is 17.7 Å². The van der Waals surface area contributed by atoms with Gasteiger partial charge in [-0.25, -0.2) is 9.88 Å². The molecule has 0 atom stereocenters. The molecular formula is C24H19F3N4O4. The minimum atomic E-state index is -4.53. The molecule has 2 aromatic carbocycles. The molecule has 4 rings (SSSR count). The number of hydrogen-bond donors (Lipinski definition) is 2. The summed E-state index contributed by atoms with van der Waals surface area (Å²) in [7, 11) is 0. The lowest BCUT2D eigenvalue weighted by Crippen LogP contribution is -2.46. The van der Waals surface area contributed by atoms with Gasteiger partial charge in [-0.3, -0.25) is 14.4 Å². The number of imide groups is 1. The molecule has 35 heavy (non-hydrogen) atoms. The molecule has 1 fully saturated rings. The van der Waals surface area contributed by atoms with Crippen LogP contribution >= 0.6 is 0 Å². The number of alkyl halides is 3. The van der Waals surface area contributed by atoms with E-state index in [1.807, 2.05) is 0 Å². The normalized spacial score (nSPS) is 14.1. The van der Waals surface area contributed by atoms with Crippen molar-refractivity contribution in [1.29, 1.82) is 0 Å². The minimum Gasteiger partial charge on any atom is -0.380 e. The van der Waals surface area contributed by atoms with Crippen LogP contribution in [-0.2, 0) is 27.0 Å². The highest BCUT2D eigenvalue weighted by atomic mass is 19.4. The molecule has 0 unspecified atom stereocenters. The number of carbonyl (C=O) groups is 3. The van der Waals surface area contributed by atoms with Gasteiger partial charge < -0.3 is 15.4 Å². The van der Waals surface area contributed by atoms with E-state index in [0.29, 0.717) is 11.3 Å². The number of aromatic nitrogens is 1. The summed E-state index contributed by atoms with van der Waals surface area (Å²) in [4.78, 5) is 42.0. The molecule has 1 aliphatic heterocycles. The fourth-order valence-electron chi connectivity index (χ4n) is 3.45. The van der Waals surface area contributed by atoms with Gasteiger partial charge in [-0.05, 0) is 48.0 Å². The Bertz CT molecular complexity index is 1260. The molecule has 0 spiro atoms. The van der Waals surface area contributed by atoms with E-state index in [9.17, 15) is 27.6 Å². The van der Waals surface area contributed by atoms with E-state index >= 15 is 0 Å². The molecule has 180 valence electrons. The van der Waals surface area contributed by atoms with Crippen LogP contribution in [0.5, 0.6) is 0 Å². The number of nitrogens with zero attached hydrogens (tertiary/aromatic N) is 2. The van der Waals surface area contributed by atoms with Gasteiger partial charge >= 0.3 is 6.18 Å². The summed E-state index contributed by atoms with van der Waals surface area (Å²) in [6.07, 6.45) is -3.07. The largest absolute Gasteiger partial charge is 0.416 e. The third kappa shape index (κ3) is 5.64. The maximum atomic E-state index is 13.0. The van der Waals surface area contributed by atoms with Crippen LogP contribution in [0.2, 0.25) is 0 Å². The molecule has 0 radical (unpaired) electrons. The number of para-hydroxylation sites is 1. The summed E-state index contributed by atoms with van der Waals surface area (Å²) in [5.74, 6) is -1.46. The summed E-state index contributed by atoms with van der Waals surface area (Å²) in [6, 6.07) is 14.1. The number of hydrogen-bond acceptors (Lipinski definition) is 6. The van der Waals surface area contributed by atoms with Crippen molar-refractivity contribution in [1.82, 2.24) is 4.98 Å². The van der Waals surface area contributed by atoms with E-state index in [-0.39, 0.29) is 36.8 Å². The predicted molar refractivity (Wildman–Crippen MR) is 121 cm³/mol. The van der Waals surface area contributed by atoms with Crippen LogP contribution < -0.4 is 15.5 Å². The number of morpholine rings is 1. The van der Waals surface area contributed by atoms with Crippen LogP contribution in [0.1, 0.15) is 21.5 Å². The van der Waals surface area contributed by atoms with Crippen LogP contribution in [0.25, 0.3) is 0 Å². The van der Waals surface area contributed by atoms with Gasteiger partial charge in [-0.1, -0.05) is 18.2 Å². The number of amides is 3. The van der Waals surface area contributed by atoms with Gasteiger partial charge in [-0.15, -0.1) is 0 Å². The summed E-state index contributed by atoms with van der Waals surface area (Å²) in [5.41, 5.74) is 0.479. The highest BCUT2D eigenvalue weighted by Gasteiger charge is 2.31. The fourth-order valence-corrected chi connectivity index (χ4v) is 3.45. The molecule has 2 N–H and O–H groups in total. The topological polar surface area (TPSA) is 101 Å². The zero-order valence-corrected chi connectivity index (χ0v) is 18.1. The number of benzene rings is 2. The Morgan fingerprint density at radius 2 is 1.74 bits per heavy atom. The highest BCUT2D eigenvalue weighted by molar-refractivity contribution is 6.16. The Balaban J connectivity index is 1.48. The second kappa shape index (κ2) is 9.94. The maximum Gasteiger partial charge on any atom is 0.416 e. The zero-order valence-electron chi connectivity index (χ0n) is 18.1. The Labute approximate surface area is 197 Å². The van der Waals surface area contributed by atoms with Crippen molar-refractivity contribution in [2.24, 2.45) is 0 Å². The van der Waals surface area contributed by atoms with Gasteiger partial charge in [0.2, 0.25) is 0 Å². The first kappa shape index (κ1) is 23.9. The van der Waals surface area contributed by atoms with Crippen LogP contribution in [0, 0.1) is 0 Å². The van der Waals surface area contributed by atoms with Crippen molar-refractivity contribution in [2.45, 2.75) is 12.7 Å². The van der Waals surface area contributed by atoms with Gasteiger partial charge in [0.15, 0.2) is 0 Å². The lowest BCUT2D eigenvalue weighted by atomic mass is 10.1. The number of rotatable bonds is 6. The van der Waals surface area contributed by atoms with E-state index in [1.54, 1.807) is 30.3 Å². The number of ether oxygens (including phenoxy) is 1. The summed E-state index contributed by atoms with van der Waals surface area (Å²) in [6.45, 7) is -0.218. The molecule has 8 nitrogen and oxygen atoms in total. The summed E-state index contributed by atoms with van der Waals surface area (Å²) >= 11 is 0. The molecule has 1 aliphatic rings. The molecule has 11 heteroatoms. The number of halogens is 3. The first-order chi connectivity index (χ1) is 16.7. The first-order valence-corrected chi connectivity index (χ1v) is 10.4. The Morgan fingerprint density at radius 1 is 1.00 bits per heavy atom. The first-order valence-electron chi connectivity index (χ1n) is 10.4. The van der Waals surface area contributed by atoms with Crippen LogP contribution in [0.4, 0.5) is 30.4 Å². The van der Waals surface area contributed by atoms with E-state index in [2.05, 4.69) is 15.6 Å². The molecule has 3 aromatic rings. The number of anilines is 3. The predicted octanol–water partition coefficient (Wildman–Crippen LogP) is 3.85. The summed E-state index contributed by atoms with van der Waals surface area (Å²) in [5, 5.41) is 5.59. The minimum absolute atomic E-state index is 0.0123. The fraction of sp³-hybridized carbons (Fsp3) is 0.167. The standard InChI is InChI=1S/C24H19F3N4O4/c25-24(26,27)16-4-3-5-17(11-16)30-23(34)18-6-1-2-7-19(18)29-12-15-8-9-28-20(10-15)31-21(32)13-35-14-22(31)33/h1-11,29H,12-14H2,(H,30,34). The SMILES string of the molecule is O=C(Nc1cccc(C(F)(F)F)c1)c1ccccc1NCc1ccnc(N2C(=O)COCC2=O)c1. The van der Waals surface area contributed by atoms with Gasteiger partial charge in [0.05, 0.1) is 11.1 Å². The molecule has 1 aromatic heterocycles. The lowest BCUT2D eigenvalue weighted by molar-refractivity contribution is -0.139. The van der Waals surface area contributed by atoms with Crippen molar-refractivity contribution in [2.75, 3.05) is 28.7 Å². The Morgan fingerprint density at radius 3 is 2.49 bits per heavy atom. The molecule has 0 saturated carbocycles. The number of carbonyl (C=O) groups excluding carboxylic acids is 3. The second-order valence-electron chi connectivity index (χ2n) is 7.57. The van der Waals surface area contributed by atoms with Gasteiger partial charge in [0.1, 0.15) is 19.0 Å². The Hall–Kier alpha value is -4.25. The molecule has 0 aliphatic carbocycles. The third-order valence-electron chi connectivity index (χ3n) is 5.09. The van der Waals surface area contributed by atoms with Gasteiger partial charge in [0, 0.05) is 24.1 Å². The van der Waals surface area contributed by atoms with Crippen LogP contribution in [0.3, 0.4) is 0 Å². The molecule has 3 amide bonds. The lowest BCUT2D eigenvalue weighted by Gasteiger charge is -2.24. The summed E-state index contributed by atoms with van der Waals surface area (Å²) < 4.78 is 43.8. The smallest absolute Gasteiger partial charge is 0.380 e. The van der Waals surface area contributed by atoms with Crippen LogP contribution in [-0.4, -0.2) is 35.9 Å². The third-order valence-corrected chi connectivity index (χ3v) is 5.09. The average molecular weight is 484 g/mol. The average Bonchev–Trinajstić information content (AvgIpc) is 2.83. The number of pyridine rings is 1. The highest BCUT2D eigenvalue weighted by Crippen LogP contribution is 2.31. The van der Waals surface area contributed by atoms with Crippen LogP contribution in [0.15, 0.2) is 66.9 Å². The van der Waals surface area contributed by atoms with Crippen molar-refractivity contribution < 1.29 is 32.3 Å². The number of nitrogens with one attached hydrogen (secondary N) is 2. The molecular weight excluding hydrogens is 465 g/mol. The van der Waals surface area contributed by atoms with Crippen molar-refractivity contribution in [3.05, 3.63) is 83.6 Å². The molecule has 0 bridgehead atoms. The quantitative estimate of drug-likeness (QED) is 0.516. The van der Waals surface area contributed by atoms with E-state index < -0.39 is 29.5 Å². The van der Waals surface area contributed by atoms with E-state index in [1.165, 1.54) is 24.4 Å².